The summed E-state index contributed by atoms with van der Waals surface area (Å²) < 4.78 is 5.28. The minimum absolute atomic E-state index is 0.179. The van der Waals surface area contributed by atoms with Crippen LogP contribution in [0.1, 0.15) is 22.3 Å². The van der Waals surface area contributed by atoms with E-state index in [0.29, 0.717) is 5.58 Å². The maximum atomic E-state index is 11.5. The van der Waals surface area contributed by atoms with Crippen LogP contribution in [0.2, 0.25) is 5.02 Å². The third-order valence-electron chi connectivity index (χ3n) is 3.06. The number of aryl methyl sites for hydroxylation is 4. The Balaban J connectivity index is 3.13. The molecule has 0 aliphatic heterocycles. The van der Waals surface area contributed by atoms with E-state index in [4.69, 9.17) is 16.0 Å². The second kappa shape index (κ2) is 3.63. The average Bonchev–Trinajstić information content (AvgIpc) is 2.22. The van der Waals surface area contributed by atoms with Crippen LogP contribution < -0.4 is 5.63 Å². The van der Waals surface area contributed by atoms with Crippen LogP contribution in [-0.2, 0) is 0 Å². The van der Waals surface area contributed by atoms with Crippen LogP contribution in [0.25, 0.3) is 11.0 Å². The van der Waals surface area contributed by atoms with E-state index >= 15 is 0 Å². The summed E-state index contributed by atoms with van der Waals surface area (Å²) in [6.07, 6.45) is 0. The molecule has 2 rings (SSSR count). The Morgan fingerprint density at radius 3 is 2.31 bits per heavy atom. The van der Waals surface area contributed by atoms with Crippen molar-refractivity contribution in [2.24, 2.45) is 0 Å². The molecule has 0 bridgehead atoms. The van der Waals surface area contributed by atoms with Crippen molar-refractivity contribution in [2.45, 2.75) is 27.7 Å². The van der Waals surface area contributed by atoms with Gasteiger partial charge in [0.1, 0.15) is 10.6 Å². The molecule has 1 aromatic carbocycles. The molecule has 0 saturated carbocycles. The summed E-state index contributed by atoms with van der Waals surface area (Å²) in [5.41, 5.74) is 4.20. The van der Waals surface area contributed by atoms with Gasteiger partial charge in [-0.05, 0) is 49.9 Å². The fourth-order valence-corrected chi connectivity index (χ4v) is 2.18. The highest BCUT2D eigenvalue weighted by molar-refractivity contribution is 6.31. The summed E-state index contributed by atoms with van der Waals surface area (Å²) in [7, 11) is 0. The van der Waals surface area contributed by atoms with E-state index < -0.39 is 5.63 Å². The fourth-order valence-electron chi connectivity index (χ4n) is 2.04. The lowest BCUT2D eigenvalue weighted by Crippen LogP contribution is -2.04. The molecule has 16 heavy (non-hydrogen) atoms. The number of hydrogen-bond donors (Lipinski definition) is 0. The van der Waals surface area contributed by atoms with Gasteiger partial charge in [0.05, 0.1) is 0 Å². The minimum atomic E-state index is -0.459. The first-order valence-electron chi connectivity index (χ1n) is 5.13. The van der Waals surface area contributed by atoms with Gasteiger partial charge in [0.2, 0.25) is 0 Å². The van der Waals surface area contributed by atoms with Gasteiger partial charge >= 0.3 is 5.63 Å². The van der Waals surface area contributed by atoms with Gasteiger partial charge in [-0.3, -0.25) is 0 Å². The number of benzene rings is 1. The molecular formula is C13H13ClO2. The summed E-state index contributed by atoms with van der Waals surface area (Å²) >= 11 is 5.91. The molecule has 0 spiro atoms. The molecule has 0 unspecified atom stereocenters. The normalized spacial score (nSPS) is 11.1. The molecule has 2 aromatic rings. The number of rotatable bonds is 0. The molecule has 0 amide bonds. The molecule has 0 radical (unpaired) electrons. The first-order chi connectivity index (χ1) is 7.43. The van der Waals surface area contributed by atoms with Crippen molar-refractivity contribution in [3.05, 3.63) is 43.8 Å². The molecule has 0 aliphatic rings. The smallest absolute Gasteiger partial charge is 0.355 e. The molecular weight excluding hydrogens is 224 g/mol. The van der Waals surface area contributed by atoms with E-state index in [1.807, 2.05) is 27.7 Å². The van der Waals surface area contributed by atoms with Crippen molar-refractivity contribution in [1.29, 1.82) is 0 Å². The van der Waals surface area contributed by atoms with E-state index in [9.17, 15) is 4.79 Å². The Morgan fingerprint density at radius 1 is 1.06 bits per heavy atom. The van der Waals surface area contributed by atoms with Crippen molar-refractivity contribution in [2.75, 3.05) is 0 Å². The molecule has 0 N–H and O–H groups in total. The topological polar surface area (TPSA) is 30.2 Å². The van der Waals surface area contributed by atoms with Crippen LogP contribution in [0.5, 0.6) is 0 Å². The van der Waals surface area contributed by atoms with Gasteiger partial charge in [-0.15, -0.1) is 0 Å². The van der Waals surface area contributed by atoms with E-state index in [1.165, 1.54) is 0 Å². The van der Waals surface area contributed by atoms with Crippen molar-refractivity contribution in [3.63, 3.8) is 0 Å². The Bertz CT molecular complexity index is 639. The molecule has 3 heteroatoms. The first-order valence-corrected chi connectivity index (χ1v) is 5.51. The van der Waals surface area contributed by atoms with Crippen LogP contribution in [0.4, 0.5) is 0 Å². The SMILES string of the molecule is Cc1cc(C)c2c(C)c(Cl)c(=O)oc2c1C. The van der Waals surface area contributed by atoms with Gasteiger partial charge in [-0.1, -0.05) is 17.7 Å². The molecule has 84 valence electrons. The Kier molecular flexibility index (Phi) is 2.55. The van der Waals surface area contributed by atoms with Crippen LogP contribution in [0, 0.1) is 27.7 Å². The van der Waals surface area contributed by atoms with Crippen molar-refractivity contribution in [3.8, 4) is 0 Å². The number of fused-ring (bicyclic) bond motifs is 1. The maximum absolute atomic E-state index is 11.5. The van der Waals surface area contributed by atoms with Crippen molar-refractivity contribution in [1.82, 2.24) is 0 Å². The summed E-state index contributed by atoms with van der Waals surface area (Å²) in [4.78, 5) is 11.5. The van der Waals surface area contributed by atoms with Crippen LogP contribution in [0.15, 0.2) is 15.3 Å². The molecule has 1 aromatic heterocycles. The molecule has 2 nitrogen and oxygen atoms in total. The highest BCUT2D eigenvalue weighted by Crippen LogP contribution is 2.29. The Hall–Kier alpha value is -1.28. The number of halogens is 1. The van der Waals surface area contributed by atoms with E-state index in [2.05, 4.69) is 6.07 Å². The molecule has 0 atom stereocenters. The second-order valence-corrected chi connectivity index (χ2v) is 4.55. The van der Waals surface area contributed by atoms with Gasteiger partial charge in [-0.25, -0.2) is 4.79 Å². The summed E-state index contributed by atoms with van der Waals surface area (Å²) in [6, 6.07) is 2.08. The zero-order valence-corrected chi connectivity index (χ0v) is 10.5. The fraction of sp³-hybridized carbons (Fsp3) is 0.308. The lowest BCUT2D eigenvalue weighted by atomic mass is 9.99. The van der Waals surface area contributed by atoms with Crippen molar-refractivity contribution >= 4 is 22.6 Å². The highest BCUT2D eigenvalue weighted by Gasteiger charge is 2.14. The highest BCUT2D eigenvalue weighted by atomic mass is 35.5. The standard InChI is InChI=1S/C13H13ClO2/c1-6-5-7(2)10-9(4)11(14)13(15)16-12(10)8(6)3/h5H,1-4H3. The lowest BCUT2D eigenvalue weighted by molar-refractivity contribution is 0.557. The zero-order valence-electron chi connectivity index (χ0n) is 9.77. The maximum Gasteiger partial charge on any atom is 0.355 e. The zero-order chi connectivity index (χ0) is 12.0. The summed E-state index contributed by atoms with van der Waals surface area (Å²) in [5, 5.41) is 1.13. The van der Waals surface area contributed by atoms with E-state index in [1.54, 1.807) is 0 Å². The predicted octanol–water partition coefficient (Wildman–Crippen LogP) is 3.68. The molecule has 0 fully saturated rings. The average molecular weight is 237 g/mol. The van der Waals surface area contributed by atoms with Gasteiger partial charge in [0.25, 0.3) is 0 Å². The number of hydrogen-bond acceptors (Lipinski definition) is 2. The monoisotopic (exact) mass is 236 g/mol. The molecule has 0 aliphatic carbocycles. The third kappa shape index (κ3) is 1.45. The largest absolute Gasteiger partial charge is 0.421 e. The predicted molar refractivity (Wildman–Crippen MR) is 66.4 cm³/mol. The van der Waals surface area contributed by atoms with Crippen LogP contribution >= 0.6 is 11.6 Å². The van der Waals surface area contributed by atoms with Crippen LogP contribution in [0.3, 0.4) is 0 Å². The Morgan fingerprint density at radius 2 is 1.69 bits per heavy atom. The van der Waals surface area contributed by atoms with Gasteiger partial charge < -0.3 is 4.42 Å². The van der Waals surface area contributed by atoms with Gasteiger partial charge in [0.15, 0.2) is 0 Å². The van der Waals surface area contributed by atoms with Gasteiger partial charge in [0, 0.05) is 5.39 Å². The molecule has 0 saturated heterocycles. The summed E-state index contributed by atoms with van der Waals surface area (Å²) in [5.74, 6) is 0. The first kappa shape index (κ1) is 11.2. The van der Waals surface area contributed by atoms with Crippen LogP contribution in [-0.4, -0.2) is 0 Å². The minimum Gasteiger partial charge on any atom is -0.421 e. The van der Waals surface area contributed by atoms with E-state index in [0.717, 1.165) is 27.6 Å². The summed E-state index contributed by atoms with van der Waals surface area (Å²) in [6.45, 7) is 7.81. The van der Waals surface area contributed by atoms with Crippen molar-refractivity contribution < 1.29 is 4.42 Å². The Labute approximate surface area is 98.8 Å². The van der Waals surface area contributed by atoms with Gasteiger partial charge in [-0.2, -0.15) is 0 Å². The third-order valence-corrected chi connectivity index (χ3v) is 3.50. The molecule has 1 heterocycles. The lowest BCUT2D eigenvalue weighted by Gasteiger charge is -2.10. The second-order valence-electron chi connectivity index (χ2n) is 4.17. The van der Waals surface area contributed by atoms with E-state index in [-0.39, 0.29) is 5.02 Å². The quantitative estimate of drug-likeness (QED) is 0.653.